The summed E-state index contributed by atoms with van der Waals surface area (Å²) in [4.78, 5) is 28.7. The topological polar surface area (TPSA) is 74.2 Å². The third-order valence-electron chi connectivity index (χ3n) is 3.20. The van der Waals surface area contributed by atoms with Crippen molar-refractivity contribution in [2.24, 2.45) is 5.16 Å². The number of thiophene rings is 1. The minimum Gasteiger partial charge on any atom is -0.493 e. The average Bonchev–Trinajstić information content (AvgIpc) is 3.19. The van der Waals surface area contributed by atoms with Gasteiger partial charge in [0.05, 0.1) is 17.6 Å². The molecule has 0 N–H and O–H groups in total. The molecule has 0 amide bonds. The molecule has 1 aliphatic rings. The van der Waals surface area contributed by atoms with E-state index in [9.17, 15) is 9.59 Å². The van der Waals surface area contributed by atoms with E-state index in [-0.39, 0.29) is 0 Å². The smallest absolute Gasteiger partial charge is 0.368 e. The third kappa shape index (κ3) is 3.21. The van der Waals surface area contributed by atoms with Crippen molar-refractivity contribution in [3.05, 3.63) is 51.7 Å². The molecule has 1 aromatic heterocycles. The van der Waals surface area contributed by atoms with Crippen molar-refractivity contribution in [2.45, 2.75) is 6.92 Å². The summed E-state index contributed by atoms with van der Waals surface area (Å²) < 4.78 is 10.3. The van der Waals surface area contributed by atoms with Crippen LogP contribution in [-0.2, 0) is 14.4 Å². The maximum atomic E-state index is 12.0. The van der Waals surface area contributed by atoms with Crippen LogP contribution in [0.5, 0.6) is 11.5 Å². The fraction of sp³-hybridized carbons (Fsp3) is 0.118. The van der Waals surface area contributed by atoms with E-state index >= 15 is 0 Å². The number of oxime groups is 1. The van der Waals surface area contributed by atoms with Gasteiger partial charge in [0.2, 0.25) is 0 Å². The number of ether oxygens (including phenoxy) is 2. The maximum absolute atomic E-state index is 12.0. The van der Waals surface area contributed by atoms with Crippen LogP contribution in [0.15, 0.2) is 46.4 Å². The molecule has 2 heterocycles. The molecule has 0 atom stereocenters. The van der Waals surface area contributed by atoms with Gasteiger partial charge < -0.3 is 14.3 Å². The zero-order valence-corrected chi connectivity index (χ0v) is 13.8. The lowest BCUT2D eigenvalue weighted by Crippen LogP contribution is -2.05. The zero-order chi connectivity index (χ0) is 17.1. The van der Waals surface area contributed by atoms with E-state index in [0.717, 1.165) is 4.88 Å². The van der Waals surface area contributed by atoms with Crippen LogP contribution in [0.4, 0.5) is 0 Å². The third-order valence-corrected chi connectivity index (χ3v) is 4.08. The van der Waals surface area contributed by atoms with Crippen LogP contribution < -0.4 is 9.47 Å². The van der Waals surface area contributed by atoms with Crippen molar-refractivity contribution in [3.63, 3.8) is 0 Å². The summed E-state index contributed by atoms with van der Waals surface area (Å²) in [6.45, 7) is 1.31. The Morgan fingerprint density at radius 2 is 2.12 bits per heavy atom. The molecule has 0 spiro atoms. The first-order chi connectivity index (χ1) is 11.6. The summed E-state index contributed by atoms with van der Waals surface area (Å²) in [5.74, 6) is -0.249. The highest BCUT2D eigenvalue weighted by Gasteiger charge is 2.27. The summed E-state index contributed by atoms with van der Waals surface area (Å²) in [5.41, 5.74) is 1.55. The van der Waals surface area contributed by atoms with Gasteiger partial charge in [0.15, 0.2) is 11.5 Å². The predicted octanol–water partition coefficient (Wildman–Crippen LogP) is 3.03. The Labute approximate surface area is 142 Å². The van der Waals surface area contributed by atoms with Crippen LogP contribution in [-0.4, -0.2) is 24.8 Å². The van der Waals surface area contributed by atoms with Gasteiger partial charge in [-0.2, -0.15) is 0 Å². The lowest BCUT2D eigenvalue weighted by Gasteiger charge is -2.08. The highest BCUT2D eigenvalue weighted by molar-refractivity contribution is 7.12. The molecule has 0 saturated carbocycles. The number of methoxy groups -OCH3 is 1. The first-order valence-electron chi connectivity index (χ1n) is 7.00. The fourth-order valence-electron chi connectivity index (χ4n) is 2.18. The minimum atomic E-state index is -0.513. The summed E-state index contributed by atoms with van der Waals surface area (Å²) in [7, 11) is 1.47. The van der Waals surface area contributed by atoms with Crippen LogP contribution in [0.25, 0.3) is 6.08 Å². The molecule has 0 bridgehead atoms. The maximum Gasteiger partial charge on any atom is 0.368 e. The van der Waals surface area contributed by atoms with E-state index in [1.54, 1.807) is 24.3 Å². The number of rotatable bonds is 4. The van der Waals surface area contributed by atoms with E-state index < -0.39 is 11.9 Å². The first-order valence-corrected chi connectivity index (χ1v) is 7.88. The van der Waals surface area contributed by atoms with Gasteiger partial charge in [0.25, 0.3) is 0 Å². The van der Waals surface area contributed by atoms with Crippen molar-refractivity contribution in [3.8, 4) is 11.5 Å². The van der Waals surface area contributed by atoms with E-state index in [1.807, 2.05) is 17.5 Å². The van der Waals surface area contributed by atoms with Gasteiger partial charge in [-0.15, -0.1) is 11.3 Å². The van der Waals surface area contributed by atoms with Crippen molar-refractivity contribution < 1.29 is 23.9 Å². The van der Waals surface area contributed by atoms with Crippen LogP contribution in [0.2, 0.25) is 0 Å². The van der Waals surface area contributed by atoms with Gasteiger partial charge in [-0.05, 0) is 35.2 Å². The number of carbonyl (C=O) groups is 2. The first kappa shape index (κ1) is 15.9. The normalized spacial score (nSPS) is 15.2. The number of benzene rings is 1. The molecule has 3 rings (SSSR count). The van der Waals surface area contributed by atoms with E-state index in [4.69, 9.17) is 14.3 Å². The molecule has 0 radical (unpaired) electrons. The largest absolute Gasteiger partial charge is 0.493 e. The summed E-state index contributed by atoms with van der Waals surface area (Å²) in [6, 6.07) is 8.73. The van der Waals surface area contributed by atoms with Gasteiger partial charge in [-0.3, -0.25) is 4.79 Å². The van der Waals surface area contributed by atoms with Crippen LogP contribution in [0, 0.1) is 0 Å². The number of nitrogens with zero attached hydrogens (tertiary/aromatic N) is 1. The highest BCUT2D eigenvalue weighted by Crippen LogP contribution is 2.30. The number of hydrogen-bond donors (Lipinski definition) is 0. The number of hydrogen-bond acceptors (Lipinski definition) is 7. The predicted molar refractivity (Wildman–Crippen MR) is 89.2 cm³/mol. The Hall–Kier alpha value is -2.93. The second-order valence-electron chi connectivity index (χ2n) is 4.86. The number of esters is 1. The number of carbonyl (C=O) groups excluding carboxylic acids is 2. The lowest BCUT2D eigenvalue weighted by atomic mass is 10.1. The molecule has 0 saturated heterocycles. The molecule has 1 aliphatic heterocycles. The van der Waals surface area contributed by atoms with Gasteiger partial charge >= 0.3 is 11.9 Å². The van der Waals surface area contributed by atoms with Crippen LogP contribution in [0.1, 0.15) is 17.4 Å². The van der Waals surface area contributed by atoms with Gasteiger partial charge in [0, 0.05) is 6.92 Å². The van der Waals surface area contributed by atoms with Crippen LogP contribution in [0.3, 0.4) is 0 Å². The highest BCUT2D eigenvalue weighted by atomic mass is 32.1. The second kappa shape index (κ2) is 6.67. The van der Waals surface area contributed by atoms with Crippen molar-refractivity contribution in [2.75, 3.05) is 7.11 Å². The van der Waals surface area contributed by atoms with E-state index in [2.05, 4.69) is 5.16 Å². The Morgan fingerprint density at radius 1 is 1.29 bits per heavy atom. The van der Waals surface area contributed by atoms with Gasteiger partial charge in [-0.1, -0.05) is 17.3 Å². The molecule has 0 unspecified atom stereocenters. The summed E-state index contributed by atoms with van der Waals surface area (Å²) >= 11 is 1.47. The van der Waals surface area contributed by atoms with Crippen molar-refractivity contribution >= 4 is 35.1 Å². The molecular weight excluding hydrogens is 330 g/mol. The standard InChI is InChI=1S/C17H13NO5S/c1-10(19)22-13-6-5-11(9-14(13)21-2)8-12-16(18-23-17(12)20)15-4-3-7-24-15/h3-9H,1-2H3/b12-8-. The van der Waals surface area contributed by atoms with Gasteiger partial charge in [0.1, 0.15) is 5.71 Å². The molecule has 6 nitrogen and oxygen atoms in total. The summed E-state index contributed by atoms with van der Waals surface area (Å²) in [5, 5.41) is 5.74. The molecule has 0 aliphatic carbocycles. The average molecular weight is 343 g/mol. The molecule has 1 aromatic carbocycles. The Balaban J connectivity index is 1.96. The Bertz CT molecular complexity index is 852. The molecule has 2 aromatic rings. The SMILES string of the molecule is COc1cc(/C=C2\C(=O)ON=C2c2cccs2)ccc1OC(C)=O. The van der Waals surface area contributed by atoms with Gasteiger partial charge in [-0.25, -0.2) is 4.79 Å². The molecule has 7 heteroatoms. The monoisotopic (exact) mass is 343 g/mol. The van der Waals surface area contributed by atoms with E-state index in [0.29, 0.717) is 28.3 Å². The molecule has 0 fully saturated rings. The van der Waals surface area contributed by atoms with Crippen molar-refractivity contribution in [1.29, 1.82) is 0 Å². The Kier molecular flexibility index (Phi) is 4.43. The Morgan fingerprint density at radius 3 is 2.79 bits per heavy atom. The van der Waals surface area contributed by atoms with E-state index in [1.165, 1.54) is 25.4 Å². The molecular formula is C17H13NO5S. The summed E-state index contributed by atoms with van der Waals surface area (Å²) in [6.07, 6.45) is 1.66. The quantitative estimate of drug-likeness (QED) is 0.369. The zero-order valence-electron chi connectivity index (χ0n) is 12.9. The second-order valence-corrected chi connectivity index (χ2v) is 5.81. The molecule has 122 valence electrons. The van der Waals surface area contributed by atoms with Crippen LogP contribution >= 0.6 is 11.3 Å². The molecule has 24 heavy (non-hydrogen) atoms. The minimum absolute atomic E-state index is 0.313. The fourth-order valence-corrected chi connectivity index (χ4v) is 2.90. The lowest BCUT2D eigenvalue weighted by molar-refractivity contribution is -0.136. The van der Waals surface area contributed by atoms with Crippen molar-refractivity contribution in [1.82, 2.24) is 0 Å².